The van der Waals surface area contributed by atoms with Gasteiger partial charge in [0.25, 0.3) is 0 Å². The van der Waals surface area contributed by atoms with Crippen LogP contribution in [0.1, 0.15) is 13.8 Å². The standard InChI is InChI=1S/C8H15ClN2O/c1-3-10-4-5-11(8(9)12)6-7(10)2/h7H,3-6H2,1-2H3. The van der Waals surface area contributed by atoms with Gasteiger partial charge in [-0.15, -0.1) is 0 Å². The lowest BCUT2D eigenvalue weighted by atomic mass is 10.2. The van der Waals surface area contributed by atoms with Gasteiger partial charge in [0.2, 0.25) is 0 Å². The minimum Gasteiger partial charge on any atom is -0.326 e. The molecule has 0 spiro atoms. The molecule has 1 fully saturated rings. The summed E-state index contributed by atoms with van der Waals surface area (Å²) in [4.78, 5) is 14.8. The first kappa shape index (κ1) is 9.81. The van der Waals surface area contributed by atoms with Crippen molar-refractivity contribution in [1.29, 1.82) is 0 Å². The molecule has 0 aromatic heterocycles. The van der Waals surface area contributed by atoms with Gasteiger partial charge in [0.05, 0.1) is 0 Å². The quantitative estimate of drug-likeness (QED) is 0.461. The van der Waals surface area contributed by atoms with E-state index in [1.807, 2.05) is 0 Å². The van der Waals surface area contributed by atoms with Crippen LogP contribution in [-0.4, -0.2) is 47.4 Å². The van der Waals surface area contributed by atoms with Crippen molar-refractivity contribution < 1.29 is 4.79 Å². The molecule has 1 rings (SSSR count). The SMILES string of the molecule is CCN1CCN(C(=O)Cl)CC1C. The molecule has 0 aliphatic carbocycles. The molecule has 0 bridgehead atoms. The Kier molecular flexibility index (Phi) is 3.35. The van der Waals surface area contributed by atoms with Gasteiger partial charge in [0, 0.05) is 25.7 Å². The number of carbonyl (C=O) groups excluding carboxylic acids is 1. The molecule has 1 aliphatic rings. The molecule has 0 N–H and O–H groups in total. The molecule has 1 unspecified atom stereocenters. The van der Waals surface area contributed by atoms with Crippen LogP contribution in [0.5, 0.6) is 0 Å². The maximum absolute atomic E-state index is 10.8. The second-order valence-electron chi connectivity index (χ2n) is 3.18. The van der Waals surface area contributed by atoms with Crippen molar-refractivity contribution in [3.8, 4) is 0 Å². The van der Waals surface area contributed by atoms with Gasteiger partial charge in [0.15, 0.2) is 0 Å². The zero-order valence-electron chi connectivity index (χ0n) is 7.59. The summed E-state index contributed by atoms with van der Waals surface area (Å²) in [6.07, 6.45) is 0. The second-order valence-corrected chi connectivity index (χ2v) is 3.50. The molecular weight excluding hydrogens is 176 g/mol. The minimum absolute atomic E-state index is 0.322. The van der Waals surface area contributed by atoms with Crippen molar-refractivity contribution >= 4 is 17.0 Å². The maximum atomic E-state index is 10.8. The molecule has 0 saturated carbocycles. The Hall–Kier alpha value is -0.280. The van der Waals surface area contributed by atoms with E-state index in [1.54, 1.807) is 4.90 Å². The highest BCUT2D eigenvalue weighted by Gasteiger charge is 2.24. The number of halogens is 1. The number of piperazine rings is 1. The molecule has 70 valence electrons. The topological polar surface area (TPSA) is 23.6 Å². The molecule has 4 heteroatoms. The number of nitrogens with zero attached hydrogens (tertiary/aromatic N) is 2. The highest BCUT2D eigenvalue weighted by Crippen LogP contribution is 2.10. The van der Waals surface area contributed by atoms with Crippen molar-refractivity contribution in [3.05, 3.63) is 0 Å². The molecule has 1 amide bonds. The summed E-state index contributed by atoms with van der Waals surface area (Å²) in [5, 5.41) is -0.322. The zero-order valence-corrected chi connectivity index (χ0v) is 8.34. The molecule has 1 aliphatic heterocycles. The second kappa shape index (κ2) is 4.10. The molecule has 0 aromatic carbocycles. The van der Waals surface area contributed by atoms with Gasteiger partial charge in [0.1, 0.15) is 0 Å². The average molecular weight is 191 g/mol. The van der Waals surface area contributed by atoms with Gasteiger partial charge < -0.3 is 4.90 Å². The van der Waals surface area contributed by atoms with Crippen molar-refractivity contribution in [2.24, 2.45) is 0 Å². The van der Waals surface area contributed by atoms with Gasteiger partial charge in [-0.3, -0.25) is 9.69 Å². The Bertz CT molecular complexity index is 174. The van der Waals surface area contributed by atoms with E-state index >= 15 is 0 Å². The molecular formula is C8H15ClN2O. The Labute approximate surface area is 78.3 Å². The van der Waals surface area contributed by atoms with Crippen molar-refractivity contribution in [3.63, 3.8) is 0 Å². The highest BCUT2D eigenvalue weighted by atomic mass is 35.5. The number of amides is 1. The Morgan fingerprint density at radius 3 is 2.67 bits per heavy atom. The highest BCUT2D eigenvalue weighted by molar-refractivity contribution is 6.62. The molecule has 1 heterocycles. The molecule has 0 radical (unpaired) electrons. The van der Waals surface area contributed by atoms with E-state index in [1.165, 1.54) is 0 Å². The lowest BCUT2D eigenvalue weighted by Gasteiger charge is -2.38. The van der Waals surface area contributed by atoms with Crippen LogP contribution in [0.15, 0.2) is 0 Å². The fourth-order valence-electron chi connectivity index (χ4n) is 1.62. The van der Waals surface area contributed by atoms with E-state index < -0.39 is 0 Å². The predicted molar refractivity (Wildman–Crippen MR) is 49.5 cm³/mol. The molecule has 12 heavy (non-hydrogen) atoms. The smallest absolute Gasteiger partial charge is 0.316 e. The van der Waals surface area contributed by atoms with Crippen LogP contribution in [0.25, 0.3) is 0 Å². The summed E-state index contributed by atoms with van der Waals surface area (Å²) < 4.78 is 0. The largest absolute Gasteiger partial charge is 0.326 e. The fourth-order valence-corrected chi connectivity index (χ4v) is 1.78. The summed E-state index contributed by atoms with van der Waals surface area (Å²) in [5.41, 5.74) is 0. The number of hydrogen-bond acceptors (Lipinski definition) is 2. The van der Waals surface area contributed by atoms with E-state index in [0.29, 0.717) is 6.04 Å². The van der Waals surface area contributed by atoms with Crippen LogP contribution in [0.4, 0.5) is 4.79 Å². The third-order valence-electron chi connectivity index (χ3n) is 2.42. The third kappa shape index (κ3) is 2.11. The van der Waals surface area contributed by atoms with E-state index in [-0.39, 0.29) is 5.37 Å². The maximum Gasteiger partial charge on any atom is 0.316 e. The number of carbonyl (C=O) groups is 1. The predicted octanol–water partition coefficient (Wildman–Crippen LogP) is 1.37. The van der Waals surface area contributed by atoms with Crippen LogP contribution in [0.3, 0.4) is 0 Å². The van der Waals surface area contributed by atoms with Gasteiger partial charge in [-0.05, 0) is 25.1 Å². The van der Waals surface area contributed by atoms with Gasteiger partial charge in [-0.2, -0.15) is 0 Å². The molecule has 0 aromatic rings. The molecule has 1 saturated heterocycles. The lowest BCUT2D eigenvalue weighted by molar-refractivity contribution is 0.112. The monoisotopic (exact) mass is 190 g/mol. The Balaban J connectivity index is 2.46. The lowest BCUT2D eigenvalue weighted by Crippen LogP contribution is -2.52. The first-order chi connectivity index (χ1) is 5.65. The Morgan fingerprint density at radius 2 is 2.25 bits per heavy atom. The van der Waals surface area contributed by atoms with Gasteiger partial charge in [-0.25, -0.2) is 0 Å². The summed E-state index contributed by atoms with van der Waals surface area (Å²) in [5.74, 6) is 0. The summed E-state index contributed by atoms with van der Waals surface area (Å²) in [7, 11) is 0. The number of rotatable bonds is 1. The number of hydrogen-bond donors (Lipinski definition) is 0. The third-order valence-corrected chi connectivity index (χ3v) is 2.66. The molecule has 1 atom stereocenters. The van der Waals surface area contributed by atoms with E-state index in [4.69, 9.17) is 11.6 Å². The van der Waals surface area contributed by atoms with Crippen molar-refractivity contribution in [2.45, 2.75) is 19.9 Å². The van der Waals surface area contributed by atoms with E-state index in [0.717, 1.165) is 26.2 Å². The fraction of sp³-hybridized carbons (Fsp3) is 0.875. The normalized spacial score (nSPS) is 25.9. The summed E-state index contributed by atoms with van der Waals surface area (Å²) in [6, 6.07) is 0.437. The van der Waals surface area contributed by atoms with Crippen molar-refractivity contribution in [1.82, 2.24) is 9.80 Å². The van der Waals surface area contributed by atoms with Crippen LogP contribution in [-0.2, 0) is 0 Å². The van der Waals surface area contributed by atoms with E-state index in [9.17, 15) is 4.79 Å². The van der Waals surface area contributed by atoms with Gasteiger partial charge >= 0.3 is 5.37 Å². The van der Waals surface area contributed by atoms with Crippen LogP contribution >= 0.6 is 11.6 Å². The first-order valence-corrected chi connectivity index (χ1v) is 4.71. The average Bonchev–Trinajstić information content (AvgIpc) is 2.04. The zero-order chi connectivity index (χ0) is 9.14. The first-order valence-electron chi connectivity index (χ1n) is 4.33. The summed E-state index contributed by atoms with van der Waals surface area (Å²) >= 11 is 5.38. The van der Waals surface area contributed by atoms with E-state index in [2.05, 4.69) is 18.7 Å². The van der Waals surface area contributed by atoms with Crippen LogP contribution < -0.4 is 0 Å². The Morgan fingerprint density at radius 1 is 1.58 bits per heavy atom. The van der Waals surface area contributed by atoms with Crippen LogP contribution in [0.2, 0.25) is 0 Å². The number of likely N-dealkylation sites (N-methyl/N-ethyl adjacent to an activating group) is 1. The molecule has 3 nitrogen and oxygen atoms in total. The summed E-state index contributed by atoms with van der Waals surface area (Å²) in [6.45, 7) is 7.77. The van der Waals surface area contributed by atoms with Crippen LogP contribution in [0, 0.1) is 0 Å². The minimum atomic E-state index is -0.322. The van der Waals surface area contributed by atoms with Gasteiger partial charge in [-0.1, -0.05) is 6.92 Å². The van der Waals surface area contributed by atoms with Crippen molar-refractivity contribution in [2.75, 3.05) is 26.2 Å².